The van der Waals surface area contributed by atoms with Gasteiger partial charge in [-0.3, -0.25) is 0 Å². The van der Waals surface area contributed by atoms with E-state index in [0.717, 1.165) is 0 Å². The third kappa shape index (κ3) is 2.54. The summed E-state index contributed by atoms with van der Waals surface area (Å²) in [6.45, 7) is 0.288. The van der Waals surface area contributed by atoms with Gasteiger partial charge in [-0.1, -0.05) is 12.2 Å². The maximum Gasteiger partial charge on any atom is 0.192 e. The predicted octanol–water partition coefficient (Wildman–Crippen LogP) is 2.71. The van der Waals surface area contributed by atoms with E-state index in [2.05, 4.69) is 20.7 Å². The van der Waals surface area contributed by atoms with Gasteiger partial charge in [-0.25, -0.2) is 8.78 Å². The van der Waals surface area contributed by atoms with E-state index in [-0.39, 0.29) is 16.6 Å². The van der Waals surface area contributed by atoms with Gasteiger partial charge in [-0.15, -0.1) is 0 Å². The van der Waals surface area contributed by atoms with Crippen LogP contribution < -0.4 is 10.5 Å². The normalized spacial score (nSPS) is 11.0. The molecule has 82 valence electrons. The van der Waals surface area contributed by atoms with Crippen LogP contribution in [0, 0.1) is 11.6 Å². The number of ether oxygens (including phenoxy) is 1. The Balaban J connectivity index is 3.30. The molecule has 0 saturated carbocycles. The lowest BCUT2D eigenvalue weighted by Gasteiger charge is -2.07. The molecule has 1 aromatic rings. The molecule has 0 aliphatic rings. The fourth-order valence-corrected chi connectivity index (χ4v) is 1.52. The monoisotopic (exact) mass is 277 g/mol. The second-order valence-corrected chi connectivity index (χ2v) is 3.60. The largest absolute Gasteiger partial charge is 0.491 e. The van der Waals surface area contributed by atoms with Crippen LogP contribution in [0.2, 0.25) is 0 Å². The SMILES string of the molecule is COc1c(F)c(Br)cc(/C=C/CN)c1F. The first-order valence-corrected chi connectivity index (χ1v) is 4.99. The summed E-state index contributed by atoms with van der Waals surface area (Å²) in [6.07, 6.45) is 3.05. The molecule has 0 aliphatic carbocycles. The first kappa shape index (κ1) is 12.1. The Morgan fingerprint density at radius 1 is 1.47 bits per heavy atom. The molecular formula is C10H10BrF2NO. The Bertz CT molecular complexity index is 393. The lowest BCUT2D eigenvalue weighted by atomic mass is 10.1. The molecule has 5 heteroatoms. The molecule has 0 heterocycles. The lowest BCUT2D eigenvalue weighted by molar-refractivity contribution is 0.358. The van der Waals surface area contributed by atoms with E-state index in [0.29, 0.717) is 0 Å². The third-order valence-electron chi connectivity index (χ3n) is 1.78. The van der Waals surface area contributed by atoms with Crippen molar-refractivity contribution >= 4 is 22.0 Å². The molecule has 0 aliphatic heterocycles. The second-order valence-electron chi connectivity index (χ2n) is 2.75. The zero-order valence-corrected chi connectivity index (χ0v) is 9.64. The summed E-state index contributed by atoms with van der Waals surface area (Å²) in [4.78, 5) is 0. The van der Waals surface area contributed by atoms with Crippen LogP contribution in [0.1, 0.15) is 5.56 Å². The highest BCUT2D eigenvalue weighted by molar-refractivity contribution is 9.10. The van der Waals surface area contributed by atoms with Crippen molar-refractivity contribution in [2.45, 2.75) is 0 Å². The number of nitrogens with two attached hydrogens (primary N) is 1. The van der Waals surface area contributed by atoms with E-state index in [1.165, 1.54) is 19.3 Å². The zero-order valence-electron chi connectivity index (χ0n) is 8.06. The van der Waals surface area contributed by atoms with Crippen LogP contribution in [0.25, 0.3) is 6.08 Å². The van der Waals surface area contributed by atoms with Gasteiger partial charge in [-0.2, -0.15) is 0 Å². The van der Waals surface area contributed by atoms with Gasteiger partial charge < -0.3 is 10.5 Å². The molecule has 0 unspecified atom stereocenters. The van der Waals surface area contributed by atoms with Gasteiger partial charge in [0.05, 0.1) is 11.6 Å². The van der Waals surface area contributed by atoms with Crippen LogP contribution in [0.15, 0.2) is 16.6 Å². The Morgan fingerprint density at radius 2 is 2.13 bits per heavy atom. The second kappa shape index (κ2) is 5.23. The summed E-state index contributed by atoms with van der Waals surface area (Å²) in [5.74, 6) is -1.89. The van der Waals surface area contributed by atoms with Gasteiger partial charge in [-0.05, 0) is 22.0 Å². The Labute approximate surface area is 94.9 Å². The molecule has 0 saturated heterocycles. The summed E-state index contributed by atoms with van der Waals surface area (Å²) in [5, 5.41) is 0. The maximum atomic E-state index is 13.6. The van der Waals surface area contributed by atoms with Crippen LogP contribution in [0.5, 0.6) is 5.75 Å². The minimum Gasteiger partial charge on any atom is -0.491 e. The smallest absolute Gasteiger partial charge is 0.192 e. The summed E-state index contributed by atoms with van der Waals surface area (Å²) in [5.41, 5.74) is 5.47. The van der Waals surface area contributed by atoms with Crippen LogP contribution in [-0.4, -0.2) is 13.7 Å². The van der Waals surface area contributed by atoms with Crippen molar-refractivity contribution in [3.05, 3.63) is 33.8 Å². The van der Waals surface area contributed by atoms with E-state index in [1.807, 2.05) is 0 Å². The molecule has 0 aromatic heterocycles. The van der Waals surface area contributed by atoms with E-state index in [1.54, 1.807) is 6.08 Å². The Morgan fingerprint density at radius 3 is 2.67 bits per heavy atom. The fourth-order valence-electron chi connectivity index (χ4n) is 1.09. The zero-order chi connectivity index (χ0) is 11.4. The summed E-state index contributed by atoms with van der Waals surface area (Å²) < 4.78 is 31.6. The average Bonchev–Trinajstić information content (AvgIpc) is 2.22. The van der Waals surface area contributed by atoms with Crippen molar-refractivity contribution in [3.8, 4) is 5.75 Å². The highest BCUT2D eigenvalue weighted by Gasteiger charge is 2.16. The number of methoxy groups -OCH3 is 1. The van der Waals surface area contributed by atoms with Crippen molar-refractivity contribution < 1.29 is 13.5 Å². The molecular weight excluding hydrogens is 268 g/mol. The molecule has 1 aromatic carbocycles. The van der Waals surface area contributed by atoms with Gasteiger partial charge in [0.2, 0.25) is 0 Å². The number of hydrogen-bond acceptors (Lipinski definition) is 2. The molecule has 2 nitrogen and oxygen atoms in total. The van der Waals surface area contributed by atoms with E-state index < -0.39 is 17.4 Å². The van der Waals surface area contributed by atoms with Crippen molar-refractivity contribution in [3.63, 3.8) is 0 Å². The molecule has 15 heavy (non-hydrogen) atoms. The van der Waals surface area contributed by atoms with Gasteiger partial charge in [0.15, 0.2) is 17.4 Å². The van der Waals surface area contributed by atoms with Gasteiger partial charge in [0.1, 0.15) is 0 Å². The summed E-state index contributed by atoms with van der Waals surface area (Å²) in [6, 6.07) is 1.33. The molecule has 0 radical (unpaired) electrons. The molecule has 2 N–H and O–H groups in total. The molecule has 1 rings (SSSR count). The van der Waals surface area contributed by atoms with Gasteiger partial charge in [0.25, 0.3) is 0 Å². The van der Waals surface area contributed by atoms with Crippen molar-refractivity contribution in [1.82, 2.24) is 0 Å². The quantitative estimate of drug-likeness (QED) is 0.863. The van der Waals surface area contributed by atoms with Crippen LogP contribution in [0.3, 0.4) is 0 Å². The van der Waals surface area contributed by atoms with Crippen molar-refractivity contribution in [1.29, 1.82) is 0 Å². The standard InChI is InChI=1S/C10H10BrF2NO/c1-15-10-8(12)6(3-2-4-14)5-7(11)9(10)13/h2-3,5H,4,14H2,1H3/b3-2+. The highest BCUT2D eigenvalue weighted by Crippen LogP contribution is 2.31. The van der Waals surface area contributed by atoms with Crippen LogP contribution >= 0.6 is 15.9 Å². The average molecular weight is 278 g/mol. The number of halogens is 3. The first-order chi connectivity index (χ1) is 7.11. The van der Waals surface area contributed by atoms with Gasteiger partial charge in [0, 0.05) is 12.1 Å². The highest BCUT2D eigenvalue weighted by atomic mass is 79.9. The lowest BCUT2D eigenvalue weighted by Crippen LogP contribution is -1.97. The number of rotatable bonds is 3. The maximum absolute atomic E-state index is 13.6. The molecule has 0 atom stereocenters. The predicted molar refractivity (Wildman–Crippen MR) is 58.7 cm³/mol. The van der Waals surface area contributed by atoms with Crippen molar-refractivity contribution in [2.24, 2.45) is 5.73 Å². The fraction of sp³-hybridized carbons (Fsp3) is 0.200. The minimum absolute atomic E-state index is 0.150. The van der Waals surface area contributed by atoms with E-state index in [9.17, 15) is 8.78 Å². The van der Waals surface area contributed by atoms with Crippen molar-refractivity contribution in [2.75, 3.05) is 13.7 Å². The summed E-state index contributed by atoms with van der Waals surface area (Å²) in [7, 11) is 1.21. The van der Waals surface area contributed by atoms with Crippen LogP contribution in [-0.2, 0) is 0 Å². The van der Waals surface area contributed by atoms with E-state index >= 15 is 0 Å². The third-order valence-corrected chi connectivity index (χ3v) is 2.36. The van der Waals surface area contributed by atoms with Gasteiger partial charge >= 0.3 is 0 Å². The Hall–Kier alpha value is -0.940. The molecule has 0 amide bonds. The first-order valence-electron chi connectivity index (χ1n) is 4.20. The summed E-state index contributed by atoms with van der Waals surface area (Å²) >= 11 is 2.98. The molecule has 0 bridgehead atoms. The Kier molecular flexibility index (Phi) is 4.23. The number of hydrogen-bond donors (Lipinski definition) is 1. The topological polar surface area (TPSA) is 35.2 Å². The molecule has 0 spiro atoms. The number of benzene rings is 1. The molecule has 0 fully saturated rings. The van der Waals surface area contributed by atoms with Crippen LogP contribution in [0.4, 0.5) is 8.78 Å². The van der Waals surface area contributed by atoms with E-state index in [4.69, 9.17) is 5.73 Å². The minimum atomic E-state index is -0.750.